The van der Waals surface area contributed by atoms with Gasteiger partial charge in [-0.2, -0.15) is 4.98 Å². The Morgan fingerprint density at radius 3 is 2.20 bits per heavy atom. The van der Waals surface area contributed by atoms with Crippen molar-refractivity contribution in [3.8, 4) is 0 Å². The van der Waals surface area contributed by atoms with Crippen molar-refractivity contribution in [3.63, 3.8) is 0 Å². The summed E-state index contributed by atoms with van der Waals surface area (Å²) >= 11 is 0. The van der Waals surface area contributed by atoms with Crippen LogP contribution in [0.1, 0.15) is 66.9 Å². The van der Waals surface area contributed by atoms with Crippen molar-refractivity contribution in [1.29, 1.82) is 0 Å². The van der Waals surface area contributed by atoms with Gasteiger partial charge in [0.1, 0.15) is 17.3 Å². The zero-order valence-electron chi connectivity index (χ0n) is 25.3. The van der Waals surface area contributed by atoms with E-state index in [2.05, 4.69) is 27.3 Å². The van der Waals surface area contributed by atoms with Crippen molar-refractivity contribution in [2.45, 2.75) is 85.4 Å². The third-order valence-electron chi connectivity index (χ3n) is 6.72. The number of carbonyl (C=O) groups excluding carboxylic acids is 1. The van der Waals surface area contributed by atoms with E-state index >= 15 is 0 Å². The molecule has 10 nitrogen and oxygen atoms in total. The molecule has 0 aliphatic carbocycles. The molecule has 1 N–H and O–H groups in total. The van der Waals surface area contributed by atoms with Crippen molar-refractivity contribution in [3.05, 3.63) is 36.0 Å². The molecule has 1 atom stereocenters. The zero-order valence-corrected chi connectivity index (χ0v) is 26.1. The number of nitrogens with one attached hydrogen (secondary N) is 1. The van der Waals surface area contributed by atoms with E-state index in [1.165, 1.54) is 29.0 Å². The van der Waals surface area contributed by atoms with Crippen LogP contribution >= 0.6 is 0 Å². The Labute approximate surface area is 240 Å². The molecule has 222 valence electrons. The Balaban J connectivity index is 2.04. The SMILES string of the molecule is CCN(CC)c1ncc(N(C(C)C)S(C)(=O)=O)c(N[C@@H](Cc2ccc(N3CCCC3)cc2)C(=O)OC(C)(C)C)n1. The fourth-order valence-corrected chi connectivity index (χ4v) is 6.17. The van der Waals surface area contributed by atoms with E-state index in [-0.39, 0.29) is 11.5 Å². The predicted octanol–water partition coefficient (Wildman–Crippen LogP) is 4.46. The van der Waals surface area contributed by atoms with Gasteiger partial charge < -0.3 is 19.9 Å². The number of anilines is 4. The largest absolute Gasteiger partial charge is 0.458 e. The molecule has 1 fully saturated rings. The fraction of sp³-hybridized carbons (Fsp3) is 0.621. The van der Waals surface area contributed by atoms with E-state index in [9.17, 15) is 13.2 Å². The van der Waals surface area contributed by atoms with E-state index < -0.39 is 33.7 Å². The Morgan fingerprint density at radius 1 is 1.10 bits per heavy atom. The lowest BCUT2D eigenvalue weighted by atomic mass is 10.0. The average molecular weight is 575 g/mol. The summed E-state index contributed by atoms with van der Waals surface area (Å²) in [5.41, 5.74) is 1.71. The minimum atomic E-state index is -3.66. The summed E-state index contributed by atoms with van der Waals surface area (Å²) in [6.45, 7) is 16.5. The van der Waals surface area contributed by atoms with Crippen LogP contribution in [0.15, 0.2) is 30.5 Å². The highest BCUT2D eigenvalue weighted by atomic mass is 32.2. The minimum Gasteiger partial charge on any atom is -0.458 e. The van der Waals surface area contributed by atoms with E-state index in [0.717, 1.165) is 24.9 Å². The molecule has 1 aliphatic heterocycles. The summed E-state index contributed by atoms with van der Waals surface area (Å²) in [7, 11) is -3.66. The Bertz CT molecular complexity index is 1230. The zero-order chi connectivity index (χ0) is 29.7. The normalized spacial score (nSPS) is 14.8. The summed E-state index contributed by atoms with van der Waals surface area (Å²) in [6.07, 6.45) is 5.40. The number of benzene rings is 1. The van der Waals surface area contributed by atoms with Crippen molar-refractivity contribution >= 4 is 39.1 Å². The molecular formula is C29H46N6O4S. The maximum atomic E-state index is 13.5. The van der Waals surface area contributed by atoms with Gasteiger partial charge in [0, 0.05) is 44.3 Å². The van der Waals surface area contributed by atoms with Gasteiger partial charge in [0.15, 0.2) is 5.82 Å². The molecule has 1 saturated heterocycles. The van der Waals surface area contributed by atoms with Gasteiger partial charge in [-0.25, -0.2) is 18.2 Å². The first-order chi connectivity index (χ1) is 18.7. The molecule has 0 bridgehead atoms. The number of ether oxygens (including phenoxy) is 1. The number of aromatic nitrogens is 2. The van der Waals surface area contributed by atoms with Gasteiger partial charge in [0.25, 0.3) is 0 Å². The summed E-state index contributed by atoms with van der Waals surface area (Å²) < 4.78 is 32.7. The number of nitrogens with zero attached hydrogens (tertiary/aromatic N) is 5. The van der Waals surface area contributed by atoms with Crippen LogP contribution in [0.25, 0.3) is 0 Å². The number of esters is 1. The van der Waals surface area contributed by atoms with Gasteiger partial charge in [-0.05, 0) is 79.0 Å². The molecule has 3 rings (SSSR count). The standard InChI is InChI=1S/C29H46N6O4S/c1-9-33(10-2)28-30-20-25(35(21(3)4)40(8,37)38)26(32-28)31-24(27(36)39-29(5,6)7)19-22-13-15-23(16-14-22)34-17-11-12-18-34/h13-16,20-21,24H,9-12,17-19H2,1-8H3,(H,30,31,32)/t24-/m0/s1. The molecule has 2 heterocycles. The highest BCUT2D eigenvalue weighted by Gasteiger charge is 2.31. The first-order valence-corrected chi connectivity index (χ1v) is 16.0. The molecule has 2 aromatic rings. The first kappa shape index (κ1) is 31.4. The molecule has 0 radical (unpaired) electrons. The summed E-state index contributed by atoms with van der Waals surface area (Å²) in [6, 6.07) is 7.04. The summed E-state index contributed by atoms with van der Waals surface area (Å²) in [4.78, 5) is 27.1. The van der Waals surface area contributed by atoms with Gasteiger partial charge in [0.05, 0.1) is 12.5 Å². The lowest BCUT2D eigenvalue weighted by Gasteiger charge is -2.30. The average Bonchev–Trinajstić information content (AvgIpc) is 3.39. The fourth-order valence-electron chi connectivity index (χ4n) is 4.92. The summed E-state index contributed by atoms with van der Waals surface area (Å²) in [5, 5.41) is 3.27. The van der Waals surface area contributed by atoms with Crippen LogP contribution in [0, 0.1) is 0 Å². The molecule has 0 unspecified atom stereocenters. The van der Waals surface area contributed by atoms with Crippen LogP contribution in [0.3, 0.4) is 0 Å². The van der Waals surface area contributed by atoms with E-state index in [4.69, 9.17) is 9.72 Å². The van der Waals surface area contributed by atoms with Crippen molar-refractivity contribution in [2.75, 3.05) is 51.9 Å². The molecule has 1 aromatic carbocycles. The third-order valence-corrected chi connectivity index (χ3v) is 8.05. The molecule has 40 heavy (non-hydrogen) atoms. The number of carbonyl (C=O) groups is 1. The molecule has 0 saturated carbocycles. The van der Waals surface area contributed by atoms with Crippen molar-refractivity contribution in [1.82, 2.24) is 9.97 Å². The molecular weight excluding hydrogens is 528 g/mol. The van der Waals surface area contributed by atoms with Crippen LogP contribution in [0.2, 0.25) is 0 Å². The van der Waals surface area contributed by atoms with Gasteiger partial charge in [-0.15, -0.1) is 0 Å². The molecule has 0 amide bonds. The second-order valence-corrected chi connectivity index (χ2v) is 13.4. The predicted molar refractivity (Wildman–Crippen MR) is 163 cm³/mol. The lowest BCUT2D eigenvalue weighted by Crippen LogP contribution is -2.40. The van der Waals surface area contributed by atoms with Gasteiger partial charge in [-0.3, -0.25) is 4.31 Å². The second-order valence-electron chi connectivity index (χ2n) is 11.5. The minimum absolute atomic E-state index is 0.264. The van der Waals surface area contributed by atoms with E-state index in [0.29, 0.717) is 25.5 Å². The lowest BCUT2D eigenvalue weighted by molar-refractivity contribution is -0.155. The van der Waals surface area contributed by atoms with E-state index in [1.54, 1.807) is 13.8 Å². The first-order valence-electron chi connectivity index (χ1n) is 14.2. The molecule has 0 spiro atoms. The Hall–Kier alpha value is -3.08. The number of hydrogen-bond acceptors (Lipinski definition) is 9. The maximum Gasteiger partial charge on any atom is 0.329 e. The van der Waals surface area contributed by atoms with Crippen LogP contribution < -0.4 is 19.4 Å². The Morgan fingerprint density at radius 2 is 1.70 bits per heavy atom. The number of sulfonamides is 1. The van der Waals surface area contributed by atoms with Crippen molar-refractivity contribution in [2.24, 2.45) is 0 Å². The number of rotatable bonds is 12. The van der Waals surface area contributed by atoms with Gasteiger partial charge in [0.2, 0.25) is 16.0 Å². The monoisotopic (exact) mass is 574 g/mol. The smallest absolute Gasteiger partial charge is 0.329 e. The molecule has 1 aliphatic rings. The quantitative estimate of drug-likeness (QED) is 0.368. The van der Waals surface area contributed by atoms with Crippen molar-refractivity contribution < 1.29 is 17.9 Å². The highest BCUT2D eigenvalue weighted by molar-refractivity contribution is 7.92. The van der Waals surface area contributed by atoms with Gasteiger partial charge >= 0.3 is 5.97 Å². The van der Waals surface area contributed by atoms with Crippen LogP contribution in [-0.4, -0.2) is 74.5 Å². The Kier molecular flexibility index (Phi) is 10.3. The summed E-state index contributed by atoms with van der Waals surface area (Å²) in [5.74, 6) is 0.271. The second kappa shape index (κ2) is 13.1. The molecule has 11 heteroatoms. The van der Waals surface area contributed by atoms with Crippen LogP contribution in [0.4, 0.5) is 23.1 Å². The van der Waals surface area contributed by atoms with Gasteiger partial charge in [-0.1, -0.05) is 12.1 Å². The van der Waals surface area contributed by atoms with E-state index in [1.807, 2.05) is 51.7 Å². The van der Waals surface area contributed by atoms with Crippen LogP contribution in [-0.2, 0) is 26.0 Å². The topological polar surface area (TPSA) is 108 Å². The third kappa shape index (κ3) is 8.22. The highest BCUT2D eigenvalue weighted by Crippen LogP contribution is 2.31. The maximum absolute atomic E-state index is 13.5. The molecule has 1 aromatic heterocycles. The van der Waals surface area contributed by atoms with Crippen LogP contribution in [0.5, 0.6) is 0 Å². The number of hydrogen-bond donors (Lipinski definition) is 1.